The van der Waals surface area contributed by atoms with E-state index in [2.05, 4.69) is 6.92 Å². The van der Waals surface area contributed by atoms with Gasteiger partial charge in [0.25, 0.3) is 0 Å². The summed E-state index contributed by atoms with van der Waals surface area (Å²) in [5.74, 6) is 0.944. The summed E-state index contributed by atoms with van der Waals surface area (Å²) in [6, 6.07) is 7.89. The third kappa shape index (κ3) is 5.77. The zero-order valence-corrected chi connectivity index (χ0v) is 11.9. The number of thioether (sulfide) groups is 1. The van der Waals surface area contributed by atoms with Gasteiger partial charge >= 0.3 is 0 Å². The van der Waals surface area contributed by atoms with Crippen molar-refractivity contribution in [2.24, 2.45) is 5.73 Å². The summed E-state index contributed by atoms with van der Waals surface area (Å²) in [6.07, 6.45) is 0.807. The number of hydrogen-bond donors (Lipinski definition) is 2. The van der Waals surface area contributed by atoms with E-state index in [4.69, 9.17) is 22.4 Å². The van der Waals surface area contributed by atoms with Gasteiger partial charge in [0.2, 0.25) is 0 Å². The fourth-order valence-electron chi connectivity index (χ4n) is 1.60. The van der Waals surface area contributed by atoms with Gasteiger partial charge in [-0.05, 0) is 31.0 Å². The van der Waals surface area contributed by atoms with E-state index in [1.807, 2.05) is 43.0 Å². The molecule has 1 aromatic carbocycles. The van der Waals surface area contributed by atoms with Crippen molar-refractivity contribution in [2.45, 2.75) is 36.8 Å². The number of aliphatic hydroxyl groups excluding tert-OH is 1. The minimum Gasteiger partial charge on any atom is -0.394 e. The minimum absolute atomic E-state index is 0.0266. The van der Waals surface area contributed by atoms with Crippen LogP contribution in [-0.2, 0) is 5.75 Å². The van der Waals surface area contributed by atoms with Crippen LogP contribution in [0, 0.1) is 0 Å². The van der Waals surface area contributed by atoms with Crippen molar-refractivity contribution in [3.8, 4) is 0 Å². The van der Waals surface area contributed by atoms with Crippen LogP contribution in [0.15, 0.2) is 24.3 Å². The van der Waals surface area contributed by atoms with Gasteiger partial charge in [0.1, 0.15) is 0 Å². The molecular weight excluding hydrogens is 254 g/mol. The molecule has 0 amide bonds. The van der Waals surface area contributed by atoms with Gasteiger partial charge in [-0.2, -0.15) is 11.8 Å². The highest BCUT2D eigenvalue weighted by Gasteiger charge is 2.20. The highest BCUT2D eigenvalue weighted by Crippen LogP contribution is 2.24. The lowest BCUT2D eigenvalue weighted by Crippen LogP contribution is -2.42. The lowest BCUT2D eigenvalue weighted by Gasteiger charge is -2.25. The summed E-state index contributed by atoms with van der Waals surface area (Å²) >= 11 is 7.67. The van der Waals surface area contributed by atoms with Crippen LogP contribution in [0.4, 0.5) is 0 Å². The molecule has 3 N–H and O–H groups in total. The second-order valence-electron chi connectivity index (χ2n) is 4.76. The first-order chi connectivity index (χ1) is 7.93. The van der Waals surface area contributed by atoms with Gasteiger partial charge in [0.05, 0.1) is 6.61 Å². The van der Waals surface area contributed by atoms with Crippen LogP contribution in [-0.4, -0.2) is 22.5 Å². The van der Waals surface area contributed by atoms with Gasteiger partial charge in [0, 0.05) is 21.6 Å². The molecule has 0 radical (unpaired) electrons. The van der Waals surface area contributed by atoms with Gasteiger partial charge < -0.3 is 10.8 Å². The molecule has 0 aliphatic carbocycles. The molecule has 4 heteroatoms. The van der Waals surface area contributed by atoms with Gasteiger partial charge in [-0.25, -0.2) is 0 Å². The van der Waals surface area contributed by atoms with E-state index in [1.54, 1.807) is 0 Å². The normalized spacial score (nSPS) is 16.5. The van der Waals surface area contributed by atoms with Crippen molar-refractivity contribution in [3.63, 3.8) is 0 Å². The SMILES string of the molecule is CC(CC(C)(N)CO)SCc1ccc(Cl)cc1. The molecule has 0 aliphatic heterocycles. The Hall–Kier alpha value is -0.220. The van der Waals surface area contributed by atoms with Gasteiger partial charge in [0.15, 0.2) is 0 Å². The molecule has 2 nitrogen and oxygen atoms in total. The van der Waals surface area contributed by atoms with Crippen LogP contribution in [0.2, 0.25) is 5.02 Å². The molecule has 0 saturated carbocycles. The summed E-state index contributed by atoms with van der Waals surface area (Å²) in [5, 5.41) is 10.3. The van der Waals surface area contributed by atoms with Crippen LogP contribution >= 0.6 is 23.4 Å². The second kappa shape index (κ2) is 6.64. The van der Waals surface area contributed by atoms with E-state index in [0.717, 1.165) is 17.2 Å². The highest BCUT2D eigenvalue weighted by molar-refractivity contribution is 7.99. The Kier molecular flexibility index (Phi) is 5.80. The van der Waals surface area contributed by atoms with Crippen LogP contribution in [0.25, 0.3) is 0 Å². The first kappa shape index (κ1) is 14.8. The van der Waals surface area contributed by atoms with E-state index >= 15 is 0 Å². The number of rotatable bonds is 6. The molecular formula is C13H20ClNOS. The van der Waals surface area contributed by atoms with Crippen molar-refractivity contribution in [1.82, 2.24) is 0 Å². The molecule has 0 bridgehead atoms. The van der Waals surface area contributed by atoms with E-state index in [9.17, 15) is 0 Å². The Balaban J connectivity index is 2.38. The average Bonchev–Trinajstić information content (AvgIpc) is 2.28. The van der Waals surface area contributed by atoms with E-state index < -0.39 is 5.54 Å². The Morgan fingerprint density at radius 3 is 2.53 bits per heavy atom. The van der Waals surface area contributed by atoms with E-state index in [-0.39, 0.29) is 6.61 Å². The minimum atomic E-state index is -0.480. The zero-order chi connectivity index (χ0) is 12.9. The zero-order valence-electron chi connectivity index (χ0n) is 10.3. The van der Waals surface area contributed by atoms with Gasteiger partial charge in [-0.1, -0.05) is 30.7 Å². The van der Waals surface area contributed by atoms with Crippen molar-refractivity contribution in [1.29, 1.82) is 0 Å². The number of aliphatic hydroxyl groups is 1. The fourth-order valence-corrected chi connectivity index (χ4v) is 2.89. The maximum absolute atomic E-state index is 9.11. The predicted octanol–water partition coefficient (Wildman–Crippen LogP) is 3.06. The molecule has 0 fully saturated rings. The van der Waals surface area contributed by atoms with Crippen LogP contribution in [0.5, 0.6) is 0 Å². The molecule has 2 atom stereocenters. The molecule has 17 heavy (non-hydrogen) atoms. The molecule has 0 spiro atoms. The largest absolute Gasteiger partial charge is 0.394 e. The van der Waals surface area contributed by atoms with Crippen molar-refractivity contribution >= 4 is 23.4 Å². The third-order valence-electron chi connectivity index (χ3n) is 2.56. The van der Waals surface area contributed by atoms with Crippen LogP contribution < -0.4 is 5.73 Å². The number of hydrogen-bond acceptors (Lipinski definition) is 3. The van der Waals surface area contributed by atoms with Crippen molar-refractivity contribution < 1.29 is 5.11 Å². The molecule has 96 valence electrons. The number of halogens is 1. The lowest BCUT2D eigenvalue weighted by atomic mass is 9.99. The maximum Gasteiger partial charge on any atom is 0.0608 e. The van der Waals surface area contributed by atoms with E-state index in [0.29, 0.717) is 5.25 Å². The average molecular weight is 274 g/mol. The summed E-state index contributed by atoms with van der Waals surface area (Å²) in [5.41, 5.74) is 6.70. The van der Waals surface area contributed by atoms with Crippen molar-refractivity contribution in [3.05, 3.63) is 34.9 Å². The smallest absolute Gasteiger partial charge is 0.0608 e. The Morgan fingerprint density at radius 2 is 2.00 bits per heavy atom. The fraction of sp³-hybridized carbons (Fsp3) is 0.538. The van der Waals surface area contributed by atoms with Gasteiger partial charge in [-0.3, -0.25) is 0 Å². The van der Waals surface area contributed by atoms with Crippen LogP contribution in [0.3, 0.4) is 0 Å². The van der Waals surface area contributed by atoms with Gasteiger partial charge in [-0.15, -0.1) is 0 Å². The first-order valence-corrected chi connectivity index (χ1v) is 7.11. The summed E-state index contributed by atoms with van der Waals surface area (Å²) in [7, 11) is 0. The summed E-state index contributed by atoms with van der Waals surface area (Å²) < 4.78 is 0. The monoisotopic (exact) mass is 273 g/mol. The molecule has 0 saturated heterocycles. The van der Waals surface area contributed by atoms with Crippen molar-refractivity contribution in [2.75, 3.05) is 6.61 Å². The standard InChI is InChI=1S/C13H20ClNOS/c1-10(7-13(2,15)9-16)17-8-11-3-5-12(14)6-4-11/h3-6,10,16H,7-9,15H2,1-2H3. The van der Waals surface area contributed by atoms with Crippen LogP contribution in [0.1, 0.15) is 25.8 Å². The molecule has 2 unspecified atom stereocenters. The summed E-state index contributed by atoms with van der Waals surface area (Å²) in [4.78, 5) is 0. The lowest BCUT2D eigenvalue weighted by molar-refractivity contribution is 0.201. The molecule has 0 heterocycles. The summed E-state index contributed by atoms with van der Waals surface area (Å²) in [6.45, 7) is 4.05. The topological polar surface area (TPSA) is 46.2 Å². The second-order valence-corrected chi connectivity index (χ2v) is 6.63. The third-order valence-corrected chi connectivity index (χ3v) is 4.05. The molecule has 0 aliphatic rings. The molecule has 1 rings (SSSR count). The molecule has 1 aromatic rings. The first-order valence-electron chi connectivity index (χ1n) is 5.69. The number of nitrogens with two attached hydrogens (primary N) is 1. The highest BCUT2D eigenvalue weighted by atomic mass is 35.5. The predicted molar refractivity (Wildman–Crippen MR) is 76.5 cm³/mol. The van der Waals surface area contributed by atoms with E-state index in [1.165, 1.54) is 5.56 Å². The Bertz CT molecular complexity index is 340. The maximum atomic E-state index is 9.11. The quantitative estimate of drug-likeness (QED) is 0.837. The molecule has 0 aromatic heterocycles. The Morgan fingerprint density at radius 1 is 1.41 bits per heavy atom. The number of benzene rings is 1. The Labute approximate surface area is 113 Å².